The van der Waals surface area contributed by atoms with Gasteiger partial charge in [-0.2, -0.15) is 5.26 Å². The number of ether oxygens (including phenoxy) is 1. The number of rotatable bonds is 1. The molecule has 0 spiro atoms. The van der Waals surface area contributed by atoms with Crippen molar-refractivity contribution >= 4 is 5.97 Å². The molecule has 0 fully saturated rings. The van der Waals surface area contributed by atoms with Gasteiger partial charge in [-0.3, -0.25) is 0 Å². The molecule has 0 aromatic carbocycles. The molecule has 1 rings (SSSR count). The summed E-state index contributed by atoms with van der Waals surface area (Å²) in [6.45, 7) is 0. The summed E-state index contributed by atoms with van der Waals surface area (Å²) in [5.74, 6) is -0.860. The smallest absolute Gasteiger partial charge is 0.358 e. The Bertz CT molecular complexity index is 381. The molecule has 0 radical (unpaired) electrons. The summed E-state index contributed by atoms with van der Waals surface area (Å²) in [5, 5.41) is 17.5. The van der Waals surface area contributed by atoms with Crippen molar-refractivity contribution in [2.45, 2.75) is 0 Å². The predicted molar refractivity (Wildman–Crippen MR) is 42.0 cm³/mol. The number of esters is 1. The van der Waals surface area contributed by atoms with Gasteiger partial charge in [-0.25, -0.2) is 9.78 Å². The summed E-state index contributed by atoms with van der Waals surface area (Å²) in [4.78, 5) is 14.6. The third kappa shape index (κ3) is 1.73. The normalized spacial score (nSPS) is 8.92. The van der Waals surface area contributed by atoms with Gasteiger partial charge in [0.2, 0.25) is 0 Å². The van der Waals surface area contributed by atoms with E-state index in [-0.39, 0.29) is 17.0 Å². The monoisotopic (exact) mass is 178 g/mol. The van der Waals surface area contributed by atoms with Crippen LogP contribution in [0, 0.1) is 11.3 Å². The first-order chi connectivity index (χ1) is 6.19. The first-order valence-electron chi connectivity index (χ1n) is 3.36. The van der Waals surface area contributed by atoms with Gasteiger partial charge in [0, 0.05) is 6.07 Å². The van der Waals surface area contributed by atoms with Crippen LogP contribution in [0.2, 0.25) is 0 Å². The lowest BCUT2D eigenvalue weighted by Gasteiger charge is -1.99. The second-order valence-corrected chi connectivity index (χ2v) is 2.19. The molecule has 0 aliphatic carbocycles. The van der Waals surface area contributed by atoms with Crippen LogP contribution in [0.1, 0.15) is 16.1 Å². The van der Waals surface area contributed by atoms with Gasteiger partial charge in [-0.05, 0) is 0 Å². The number of methoxy groups -OCH3 is 1. The van der Waals surface area contributed by atoms with Crippen molar-refractivity contribution in [1.29, 1.82) is 5.26 Å². The van der Waals surface area contributed by atoms with Gasteiger partial charge in [0.25, 0.3) is 0 Å². The Morgan fingerprint density at radius 2 is 2.46 bits per heavy atom. The van der Waals surface area contributed by atoms with E-state index in [9.17, 15) is 4.79 Å². The fourth-order valence-corrected chi connectivity index (χ4v) is 0.798. The van der Waals surface area contributed by atoms with Gasteiger partial charge in [-0.15, -0.1) is 0 Å². The Morgan fingerprint density at radius 3 is 3.00 bits per heavy atom. The average Bonchev–Trinajstić information content (AvgIpc) is 2.16. The molecule has 1 aromatic rings. The maximum absolute atomic E-state index is 11.0. The van der Waals surface area contributed by atoms with Crippen LogP contribution in [0.4, 0.5) is 0 Å². The van der Waals surface area contributed by atoms with Gasteiger partial charge in [0.05, 0.1) is 18.9 Å². The molecule has 0 aliphatic heterocycles. The number of hydrogen-bond donors (Lipinski definition) is 1. The molecule has 0 bridgehead atoms. The Hall–Kier alpha value is -2.09. The van der Waals surface area contributed by atoms with Gasteiger partial charge in [0.1, 0.15) is 11.8 Å². The Kier molecular flexibility index (Phi) is 2.45. The molecule has 0 atom stereocenters. The summed E-state index contributed by atoms with van der Waals surface area (Å²) in [6.07, 6.45) is 1.08. The predicted octanol–water partition coefficient (Wildman–Crippen LogP) is 0.445. The molecule has 66 valence electrons. The Morgan fingerprint density at radius 1 is 1.77 bits per heavy atom. The number of nitriles is 1. The zero-order valence-electron chi connectivity index (χ0n) is 6.81. The second-order valence-electron chi connectivity index (χ2n) is 2.19. The van der Waals surface area contributed by atoms with E-state index in [1.54, 1.807) is 6.07 Å². The number of aromatic hydroxyl groups is 1. The van der Waals surface area contributed by atoms with E-state index in [2.05, 4.69) is 9.72 Å². The van der Waals surface area contributed by atoms with Gasteiger partial charge >= 0.3 is 5.97 Å². The largest absolute Gasteiger partial charge is 0.506 e. The summed E-state index contributed by atoms with van der Waals surface area (Å²) in [5.41, 5.74) is -0.102. The lowest BCUT2D eigenvalue weighted by atomic mass is 10.2. The van der Waals surface area contributed by atoms with E-state index < -0.39 is 5.97 Å². The number of carbonyl (C=O) groups is 1. The van der Waals surface area contributed by atoms with E-state index in [4.69, 9.17) is 10.4 Å². The van der Waals surface area contributed by atoms with Crippen molar-refractivity contribution in [3.8, 4) is 11.8 Å². The van der Waals surface area contributed by atoms with Gasteiger partial charge in [-0.1, -0.05) is 0 Å². The van der Waals surface area contributed by atoms with Crippen LogP contribution in [0.5, 0.6) is 5.75 Å². The highest BCUT2D eigenvalue weighted by atomic mass is 16.5. The molecule has 0 saturated heterocycles. The molecule has 5 heteroatoms. The SMILES string of the molecule is COC(=O)c1ncc(O)cc1C#N. The molecular weight excluding hydrogens is 172 g/mol. The summed E-state index contributed by atoms with van der Waals surface area (Å²) < 4.78 is 4.38. The molecule has 13 heavy (non-hydrogen) atoms. The van der Waals surface area contributed by atoms with E-state index in [1.807, 2.05) is 0 Å². The highest BCUT2D eigenvalue weighted by Crippen LogP contribution is 2.13. The molecule has 0 unspecified atom stereocenters. The standard InChI is InChI=1S/C8H6N2O3/c1-13-8(12)7-5(3-9)2-6(11)4-10-7/h2,4,11H,1H3. The van der Waals surface area contributed by atoms with Crippen molar-refractivity contribution in [2.24, 2.45) is 0 Å². The van der Waals surface area contributed by atoms with Crippen LogP contribution < -0.4 is 0 Å². The van der Waals surface area contributed by atoms with E-state index in [0.717, 1.165) is 12.3 Å². The summed E-state index contributed by atoms with van der Waals surface area (Å²) in [7, 11) is 1.19. The Balaban J connectivity index is 3.23. The van der Waals surface area contributed by atoms with Crippen molar-refractivity contribution in [3.63, 3.8) is 0 Å². The molecule has 1 N–H and O–H groups in total. The van der Waals surface area contributed by atoms with Crippen LogP contribution in [0.25, 0.3) is 0 Å². The lowest BCUT2D eigenvalue weighted by molar-refractivity contribution is 0.0593. The average molecular weight is 178 g/mol. The van der Waals surface area contributed by atoms with Gasteiger partial charge < -0.3 is 9.84 Å². The van der Waals surface area contributed by atoms with Crippen LogP contribution in [-0.2, 0) is 4.74 Å². The van der Waals surface area contributed by atoms with Crippen molar-refractivity contribution in [2.75, 3.05) is 7.11 Å². The Labute approximate surface area is 74.2 Å². The third-order valence-corrected chi connectivity index (χ3v) is 1.37. The quantitative estimate of drug-likeness (QED) is 0.631. The van der Waals surface area contributed by atoms with Crippen LogP contribution >= 0.6 is 0 Å². The first-order valence-corrected chi connectivity index (χ1v) is 3.36. The van der Waals surface area contributed by atoms with E-state index in [0.29, 0.717) is 0 Å². The first kappa shape index (κ1) is 9.00. The number of aromatic nitrogens is 1. The molecule has 1 heterocycles. The number of carbonyl (C=O) groups excluding carboxylic acids is 1. The zero-order valence-corrected chi connectivity index (χ0v) is 6.81. The summed E-state index contributed by atoms with van der Waals surface area (Å²) in [6, 6.07) is 2.88. The van der Waals surface area contributed by atoms with Crippen molar-refractivity contribution < 1.29 is 14.6 Å². The van der Waals surface area contributed by atoms with Crippen LogP contribution in [-0.4, -0.2) is 23.2 Å². The van der Waals surface area contributed by atoms with Crippen LogP contribution in [0.3, 0.4) is 0 Å². The molecule has 0 aliphatic rings. The minimum Gasteiger partial charge on any atom is -0.506 e. The maximum atomic E-state index is 11.0. The fourth-order valence-electron chi connectivity index (χ4n) is 0.798. The number of nitrogens with zero attached hydrogens (tertiary/aromatic N) is 2. The van der Waals surface area contributed by atoms with E-state index >= 15 is 0 Å². The molecule has 5 nitrogen and oxygen atoms in total. The summed E-state index contributed by atoms with van der Waals surface area (Å²) >= 11 is 0. The highest BCUT2D eigenvalue weighted by Gasteiger charge is 2.13. The van der Waals surface area contributed by atoms with Gasteiger partial charge in [0.15, 0.2) is 5.69 Å². The maximum Gasteiger partial charge on any atom is 0.358 e. The molecular formula is C8H6N2O3. The lowest BCUT2D eigenvalue weighted by Crippen LogP contribution is -2.06. The minimum absolute atomic E-state index is 0.00755. The molecule has 0 saturated carbocycles. The molecule has 1 aromatic heterocycles. The van der Waals surface area contributed by atoms with E-state index in [1.165, 1.54) is 7.11 Å². The topological polar surface area (TPSA) is 83.2 Å². The third-order valence-electron chi connectivity index (χ3n) is 1.37. The van der Waals surface area contributed by atoms with Crippen molar-refractivity contribution in [1.82, 2.24) is 4.98 Å². The number of hydrogen-bond acceptors (Lipinski definition) is 5. The van der Waals surface area contributed by atoms with Crippen molar-refractivity contribution in [3.05, 3.63) is 23.5 Å². The molecule has 0 amide bonds. The number of pyridine rings is 1. The van der Waals surface area contributed by atoms with Crippen LogP contribution in [0.15, 0.2) is 12.3 Å². The fraction of sp³-hybridized carbons (Fsp3) is 0.125. The highest BCUT2D eigenvalue weighted by molar-refractivity contribution is 5.89. The second kappa shape index (κ2) is 3.54. The zero-order chi connectivity index (χ0) is 9.84. The minimum atomic E-state index is -0.698.